The van der Waals surface area contributed by atoms with Crippen LogP contribution in [0.15, 0.2) is 186 Å². The molecule has 0 amide bonds. The summed E-state index contributed by atoms with van der Waals surface area (Å²) in [6.45, 7) is 0. The third-order valence-electron chi connectivity index (χ3n) is 11.3. The maximum absolute atomic E-state index is 6.84. The first-order valence-corrected chi connectivity index (χ1v) is 20.3. The molecule has 12 rings (SSSR count). The van der Waals surface area contributed by atoms with E-state index in [4.69, 9.17) is 19.4 Å². The lowest BCUT2D eigenvalue weighted by atomic mass is 9.99. The smallest absolute Gasteiger partial charge is 0.163 e. The van der Waals surface area contributed by atoms with Gasteiger partial charge < -0.3 is 8.98 Å². The second kappa shape index (κ2) is 13.1. The van der Waals surface area contributed by atoms with Crippen molar-refractivity contribution in [1.82, 2.24) is 19.5 Å². The Morgan fingerprint density at radius 2 is 1.07 bits per heavy atom. The van der Waals surface area contributed by atoms with E-state index >= 15 is 0 Å². The van der Waals surface area contributed by atoms with Crippen LogP contribution in [0, 0.1) is 0 Å². The fraction of sp³-hybridized carbons (Fsp3) is 0.0192. The van der Waals surface area contributed by atoms with Crippen LogP contribution in [-0.2, 0) is 6.42 Å². The molecular formula is C52H32N4OS. The zero-order valence-corrected chi connectivity index (χ0v) is 31.9. The van der Waals surface area contributed by atoms with Crippen molar-refractivity contribution < 1.29 is 4.42 Å². The van der Waals surface area contributed by atoms with Crippen molar-refractivity contribution in [1.29, 1.82) is 0 Å². The van der Waals surface area contributed by atoms with Crippen LogP contribution in [0.25, 0.3) is 104 Å². The van der Waals surface area contributed by atoms with E-state index in [9.17, 15) is 0 Å². The van der Waals surface area contributed by atoms with Crippen LogP contribution in [0.3, 0.4) is 0 Å². The summed E-state index contributed by atoms with van der Waals surface area (Å²) in [5.41, 5.74) is 10.5. The molecule has 0 saturated carbocycles. The number of rotatable bonds is 6. The SMILES string of the molecule is c1ccc(-c2nc(Cc3cccc4sc5ccc(-c6ccc7c(c6)oc6c(-n8c9ccccc9c9ccccc98)cccc67)cc5c34)nc(-c3ccccc3)n2)cc1. The first-order valence-electron chi connectivity index (χ1n) is 19.5. The molecule has 5 nitrogen and oxygen atoms in total. The molecule has 4 heterocycles. The summed E-state index contributed by atoms with van der Waals surface area (Å²) in [5.74, 6) is 2.10. The Bertz CT molecular complexity index is 3440. The van der Waals surface area contributed by atoms with Gasteiger partial charge in [0.15, 0.2) is 17.2 Å². The van der Waals surface area contributed by atoms with Gasteiger partial charge in [-0.25, -0.2) is 15.0 Å². The standard InChI is InChI=1S/C52H32N4OS/c1-3-13-32(14-4-1)51-53-48(54-52(55-51)33-15-5-2-6-16-33)31-36-17-11-24-47-49(36)41-29-34(26-28-46(41)58-47)35-25-27-39-40-20-12-23-44(50(40)57-45(39)30-35)56-42-21-9-7-18-37(42)38-19-8-10-22-43(38)56/h1-30H,31H2. The molecule has 0 atom stereocenters. The van der Waals surface area contributed by atoms with Gasteiger partial charge in [0.05, 0.1) is 16.7 Å². The fourth-order valence-electron chi connectivity index (χ4n) is 8.65. The zero-order valence-electron chi connectivity index (χ0n) is 31.1. The molecule has 272 valence electrons. The quantitative estimate of drug-likeness (QED) is 0.169. The molecular weight excluding hydrogens is 729 g/mol. The van der Waals surface area contributed by atoms with Crippen LogP contribution in [0.5, 0.6) is 0 Å². The molecule has 12 aromatic rings. The Morgan fingerprint density at radius 3 is 1.79 bits per heavy atom. The van der Waals surface area contributed by atoms with Crippen molar-refractivity contribution in [2.75, 3.05) is 0 Å². The lowest BCUT2D eigenvalue weighted by Gasteiger charge is -2.09. The highest BCUT2D eigenvalue weighted by Crippen LogP contribution is 2.42. The molecule has 0 aliphatic carbocycles. The van der Waals surface area contributed by atoms with Gasteiger partial charge >= 0.3 is 0 Å². The Hall–Kier alpha value is -7.41. The average molecular weight is 761 g/mol. The lowest BCUT2D eigenvalue weighted by molar-refractivity contribution is 0.666. The molecule has 0 bridgehead atoms. The van der Waals surface area contributed by atoms with Crippen molar-refractivity contribution in [2.45, 2.75) is 6.42 Å². The van der Waals surface area contributed by atoms with Crippen LogP contribution >= 0.6 is 11.3 Å². The third kappa shape index (κ3) is 5.26. The van der Waals surface area contributed by atoms with Crippen molar-refractivity contribution in [3.8, 4) is 39.6 Å². The van der Waals surface area contributed by atoms with E-state index in [1.165, 1.54) is 36.5 Å². The highest BCUT2D eigenvalue weighted by Gasteiger charge is 2.19. The molecule has 4 aromatic heterocycles. The predicted octanol–water partition coefficient (Wildman–Crippen LogP) is 13.8. The molecule has 0 radical (unpaired) electrons. The molecule has 0 unspecified atom stereocenters. The van der Waals surface area contributed by atoms with Gasteiger partial charge in [0, 0.05) is 59.3 Å². The van der Waals surface area contributed by atoms with Gasteiger partial charge in [-0.15, -0.1) is 11.3 Å². The van der Waals surface area contributed by atoms with Crippen molar-refractivity contribution in [3.63, 3.8) is 0 Å². The monoisotopic (exact) mass is 760 g/mol. The molecule has 0 fully saturated rings. The Morgan fingerprint density at radius 1 is 0.448 bits per heavy atom. The summed E-state index contributed by atoms with van der Waals surface area (Å²) in [5, 5.41) is 7.15. The van der Waals surface area contributed by atoms with Gasteiger partial charge in [0.25, 0.3) is 0 Å². The van der Waals surface area contributed by atoms with E-state index in [0.717, 1.165) is 66.7 Å². The third-order valence-corrected chi connectivity index (χ3v) is 12.4. The number of nitrogens with zero attached hydrogens (tertiary/aromatic N) is 4. The summed E-state index contributed by atoms with van der Waals surface area (Å²) in [7, 11) is 0. The minimum Gasteiger partial charge on any atom is -0.454 e. The van der Waals surface area contributed by atoms with Crippen LogP contribution in [0.2, 0.25) is 0 Å². The number of thiophene rings is 1. The minimum absolute atomic E-state index is 0.578. The molecule has 0 saturated heterocycles. The first kappa shape index (κ1) is 32.8. The number of benzene rings is 8. The molecule has 0 N–H and O–H groups in total. The van der Waals surface area contributed by atoms with Gasteiger partial charge in [-0.3, -0.25) is 0 Å². The number of hydrogen-bond acceptors (Lipinski definition) is 5. The molecule has 0 aliphatic heterocycles. The van der Waals surface area contributed by atoms with Crippen molar-refractivity contribution >= 4 is 75.3 Å². The van der Waals surface area contributed by atoms with E-state index in [1.807, 2.05) is 47.7 Å². The molecule has 6 heteroatoms. The van der Waals surface area contributed by atoms with Gasteiger partial charge in [0.1, 0.15) is 11.4 Å². The van der Waals surface area contributed by atoms with Crippen LogP contribution in [0.4, 0.5) is 0 Å². The van der Waals surface area contributed by atoms with E-state index in [1.54, 1.807) is 0 Å². The van der Waals surface area contributed by atoms with Gasteiger partial charge in [0.2, 0.25) is 0 Å². The number of fused-ring (bicyclic) bond motifs is 9. The highest BCUT2D eigenvalue weighted by atomic mass is 32.1. The second-order valence-electron chi connectivity index (χ2n) is 14.7. The largest absolute Gasteiger partial charge is 0.454 e. The average Bonchev–Trinajstić information content (AvgIpc) is 3.96. The first-order chi connectivity index (χ1) is 28.7. The van der Waals surface area contributed by atoms with Gasteiger partial charge in [-0.2, -0.15) is 0 Å². The van der Waals surface area contributed by atoms with Crippen molar-refractivity contribution in [2.24, 2.45) is 0 Å². The van der Waals surface area contributed by atoms with Crippen LogP contribution < -0.4 is 0 Å². The number of aromatic nitrogens is 4. The Kier molecular flexibility index (Phi) is 7.40. The zero-order chi connectivity index (χ0) is 38.2. The summed E-state index contributed by atoms with van der Waals surface area (Å²) < 4.78 is 11.7. The van der Waals surface area contributed by atoms with Gasteiger partial charge in [-0.05, 0) is 65.2 Å². The normalized spacial score (nSPS) is 11.9. The fourth-order valence-corrected chi connectivity index (χ4v) is 9.78. The van der Waals surface area contributed by atoms with Crippen LogP contribution in [-0.4, -0.2) is 19.5 Å². The summed E-state index contributed by atoms with van der Waals surface area (Å²) in [6, 6.07) is 64.0. The Balaban J connectivity index is 0.967. The van der Waals surface area contributed by atoms with Gasteiger partial charge in [-0.1, -0.05) is 133 Å². The molecule has 0 spiro atoms. The number of furan rings is 1. The summed E-state index contributed by atoms with van der Waals surface area (Å²) in [6.07, 6.45) is 0.578. The Labute approximate surface area is 337 Å². The molecule has 8 aromatic carbocycles. The van der Waals surface area contributed by atoms with Crippen LogP contribution in [0.1, 0.15) is 11.4 Å². The minimum atomic E-state index is 0.578. The molecule has 58 heavy (non-hydrogen) atoms. The van der Waals surface area contributed by atoms with E-state index in [-0.39, 0.29) is 0 Å². The van der Waals surface area contributed by atoms with E-state index in [2.05, 4.69) is 150 Å². The maximum atomic E-state index is 6.84. The predicted molar refractivity (Wildman–Crippen MR) is 240 cm³/mol. The summed E-state index contributed by atoms with van der Waals surface area (Å²) in [4.78, 5) is 15.0. The lowest BCUT2D eigenvalue weighted by Crippen LogP contribution is -2.04. The highest BCUT2D eigenvalue weighted by molar-refractivity contribution is 7.25. The number of hydrogen-bond donors (Lipinski definition) is 0. The number of para-hydroxylation sites is 3. The van der Waals surface area contributed by atoms with E-state index < -0.39 is 0 Å². The van der Waals surface area contributed by atoms with E-state index in [0.29, 0.717) is 18.1 Å². The summed E-state index contributed by atoms with van der Waals surface area (Å²) >= 11 is 1.82. The molecule has 0 aliphatic rings. The second-order valence-corrected chi connectivity index (χ2v) is 15.8. The maximum Gasteiger partial charge on any atom is 0.163 e. The van der Waals surface area contributed by atoms with Crippen molar-refractivity contribution in [3.05, 3.63) is 193 Å². The topological polar surface area (TPSA) is 56.7 Å².